The molecule has 7 heteroatoms. The summed E-state index contributed by atoms with van der Waals surface area (Å²) in [5.74, 6) is -0.778. The van der Waals surface area contributed by atoms with Crippen LogP contribution in [0.1, 0.15) is 23.9 Å². The molecule has 0 saturated carbocycles. The second kappa shape index (κ2) is 8.90. The average Bonchev–Trinajstić information content (AvgIpc) is 3.13. The fourth-order valence-corrected chi connectivity index (χ4v) is 3.99. The molecule has 0 atom stereocenters. The molecule has 158 valence electrons. The lowest BCUT2D eigenvalue weighted by molar-refractivity contribution is -0.136. The van der Waals surface area contributed by atoms with E-state index in [4.69, 9.17) is 21.1 Å². The van der Waals surface area contributed by atoms with Crippen molar-refractivity contribution in [2.45, 2.75) is 20.8 Å². The molecule has 0 radical (unpaired) electrons. The van der Waals surface area contributed by atoms with Crippen LogP contribution in [0.3, 0.4) is 0 Å². The van der Waals surface area contributed by atoms with Crippen molar-refractivity contribution in [1.29, 1.82) is 0 Å². The molecule has 2 heterocycles. The van der Waals surface area contributed by atoms with Crippen molar-refractivity contribution in [1.82, 2.24) is 9.47 Å². The third-order valence-corrected chi connectivity index (χ3v) is 5.60. The van der Waals surface area contributed by atoms with Gasteiger partial charge in [0.1, 0.15) is 0 Å². The Labute approximate surface area is 181 Å². The lowest BCUT2D eigenvalue weighted by Crippen LogP contribution is -2.28. The molecule has 1 aliphatic rings. The van der Waals surface area contributed by atoms with E-state index in [0.717, 1.165) is 22.6 Å². The number of benzene rings is 1. The molecule has 1 amide bonds. The van der Waals surface area contributed by atoms with Crippen LogP contribution in [0, 0.1) is 13.8 Å². The van der Waals surface area contributed by atoms with Crippen LogP contribution >= 0.6 is 11.6 Å². The Hall–Kier alpha value is -2.83. The maximum Gasteiger partial charge on any atom is 0.340 e. The van der Waals surface area contributed by atoms with Crippen molar-refractivity contribution in [2.75, 3.05) is 27.4 Å². The number of halogens is 1. The van der Waals surface area contributed by atoms with Gasteiger partial charge in [-0.25, -0.2) is 4.79 Å². The van der Waals surface area contributed by atoms with Crippen LogP contribution in [0.4, 0.5) is 0 Å². The first-order valence-electron chi connectivity index (χ1n) is 9.57. The topological polar surface area (TPSA) is 60.8 Å². The van der Waals surface area contributed by atoms with Crippen molar-refractivity contribution in [3.8, 4) is 5.69 Å². The quantitative estimate of drug-likeness (QED) is 0.514. The average molecular weight is 429 g/mol. The maximum absolute atomic E-state index is 13.1. The lowest BCUT2D eigenvalue weighted by Gasteiger charge is -2.16. The van der Waals surface area contributed by atoms with E-state index >= 15 is 0 Å². The molecular formula is C23H25ClN2O4. The van der Waals surface area contributed by atoms with Crippen LogP contribution in [0.5, 0.6) is 0 Å². The smallest absolute Gasteiger partial charge is 0.340 e. The van der Waals surface area contributed by atoms with E-state index in [0.29, 0.717) is 29.4 Å². The van der Waals surface area contributed by atoms with Gasteiger partial charge in [-0.15, -0.1) is 0 Å². The van der Waals surface area contributed by atoms with Crippen molar-refractivity contribution >= 4 is 29.6 Å². The van der Waals surface area contributed by atoms with Gasteiger partial charge in [-0.3, -0.25) is 4.79 Å². The van der Waals surface area contributed by atoms with E-state index in [-0.39, 0.29) is 11.5 Å². The van der Waals surface area contributed by atoms with Crippen molar-refractivity contribution in [3.63, 3.8) is 0 Å². The highest BCUT2D eigenvalue weighted by Gasteiger charge is 2.37. The molecule has 0 unspecified atom stereocenters. The summed E-state index contributed by atoms with van der Waals surface area (Å²) in [7, 11) is 2.88. The van der Waals surface area contributed by atoms with Gasteiger partial charge < -0.3 is 18.9 Å². The minimum Gasteiger partial charge on any atom is -0.465 e. The van der Waals surface area contributed by atoms with E-state index in [2.05, 4.69) is 0 Å². The zero-order valence-corrected chi connectivity index (χ0v) is 18.5. The summed E-state index contributed by atoms with van der Waals surface area (Å²) in [6, 6.07) is 9.56. The van der Waals surface area contributed by atoms with Gasteiger partial charge in [-0.1, -0.05) is 23.7 Å². The highest BCUT2D eigenvalue weighted by atomic mass is 35.5. The highest BCUT2D eigenvalue weighted by molar-refractivity contribution is 6.32. The summed E-state index contributed by atoms with van der Waals surface area (Å²) in [5, 5.41) is 0.632. The Morgan fingerprint density at radius 3 is 2.50 bits per heavy atom. The first kappa shape index (κ1) is 21.9. The van der Waals surface area contributed by atoms with Gasteiger partial charge in [0.05, 0.1) is 35.6 Å². The summed E-state index contributed by atoms with van der Waals surface area (Å²) < 4.78 is 12.1. The third-order valence-electron chi connectivity index (χ3n) is 5.28. The Morgan fingerprint density at radius 1 is 1.17 bits per heavy atom. The molecule has 3 rings (SSSR count). The van der Waals surface area contributed by atoms with E-state index < -0.39 is 5.97 Å². The fraction of sp³-hybridized carbons (Fsp3) is 0.304. The Bertz CT molecular complexity index is 1070. The number of esters is 1. The van der Waals surface area contributed by atoms with E-state index in [1.54, 1.807) is 25.0 Å². The molecule has 1 aromatic heterocycles. The molecule has 0 aliphatic carbocycles. The van der Waals surface area contributed by atoms with Crippen LogP contribution in [-0.2, 0) is 19.1 Å². The number of carbonyl (C=O) groups excluding carboxylic acids is 2. The number of para-hydroxylation sites is 1. The van der Waals surface area contributed by atoms with E-state index in [9.17, 15) is 9.59 Å². The van der Waals surface area contributed by atoms with Gasteiger partial charge in [0.15, 0.2) is 0 Å². The number of aromatic nitrogens is 1. The molecule has 0 saturated heterocycles. The number of nitrogens with zero attached hydrogens (tertiary/aromatic N) is 2. The third kappa shape index (κ3) is 3.80. The van der Waals surface area contributed by atoms with Gasteiger partial charge >= 0.3 is 5.97 Å². The van der Waals surface area contributed by atoms with Crippen molar-refractivity contribution < 1.29 is 19.1 Å². The molecule has 1 aromatic carbocycles. The van der Waals surface area contributed by atoms with Crippen LogP contribution in [-0.4, -0.2) is 48.7 Å². The zero-order valence-electron chi connectivity index (χ0n) is 17.8. The van der Waals surface area contributed by atoms with Crippen LogP contribution in [0.2, 0.25) is 5.02 Å². The molecule has 1 aliphatic heterocycles. The molecule has 6 nitrogen and oxygen atoms in total. The normalized spacial score (nSPS) is 15.5. The molecule has 2 aromatic rings. The first-order valence-corrected chi connectivity index (χ1v) is 9.95. The van der Waals surface area contributed by atoms with Crippen LogP contribution in [0.25, 0.3) is 11.8 Å². The second-order valence-electron chi connectivity index (χ2n) is 7.07. The number of rotatable bonds is 6. The maximum atomic E-state index is 13.1. The molecule has 0 fully saturated rings. The number of allylic oxidation sites excluding steroid dienone is 1. The van der Waals surface area contributed by atoms with Crippen molar-refractivity contribution in [2.24, 2.45) is 0 Å². The molecular weight excluding hydrogens is 404 g/mol. The number of methoxy groups -OCH3 is 2. The summed E-state index contributed by atoms with van der Waals surface area (Å²) in [4.78, 5) is 27.1. The predicted molar refractivity (Wildman–Crippen MR) is 117 cm³/mol. The Kier molecular flexibility index (Phi) is 6.48. The standard InChI is InChI=1S/C23H25ClN2O4/c1-14-12-17(15(2)26(14)20-9-7-6-8-19(20)24)13-18-21(23(28)30-5)16(3)25(22(18)27)10-11-29-4/h6-9,12-13H,10-11H2,1-5H3/b18-13-. The molecule has 30 heavy (non-hydrogen) atoms. The summed E-state index contributed by atoms with van der Waals surface area (Å²) in [6.07, 6.45) is 1.75. The number of amides is 1. The monoisotopic (exact) mass is 428 g/mol. The molecule has 0 bridgehead atoms. The second-order valence-corrected chi connectivity index (χ2v) is 7.48. The predicted octanol–water partition coefficient (Wildman–Crippen LogP) is 4.07. The zero-order chi connectivity index (χ0) is 22.0. The van der Waals surface area contributed by atoms with Gasteiger partial charge in [0.25, 0.3) is 5.91 Å². The summed E-state index contributed by atoms with van der Waals surface area (Å²) in [6.45, 7) is 6.40. The van der Waals surface area contributed by atoms with Gasteiger partial charge in [-0.05, 0) is 50.6 Å². The van der Waals surface area contributed by atoms with E-state index in [1.807, 2.05) is 48.7 Å². The number of ether oxygens (including phenoxy) is 2. The molecule has 0 N–H and O–H groups in total. The lowest BCUT2D eigenvalue weighted by atomic mass is 10.0. The number of hydrogen-bond acceptors (Lipinski definition) is 4. The fourth-order valence-electron chi connectivity index (χ4n) is 3.77. The van der Waals surface area contributed by atoms with Crippen molar-refractivity contribution in [3.05, 3.63) is 69.1 Å². The van der Waals surface area contributed by atoms with Crippen LogP contribution in [0.15, 0.2) is 47.2 Å². The largest absolute Gasteiger partial charge is 0.465 e. The minimum absolute atomic E-state index is 0.243. The number of carbonyl (C=O) groups is 2. The van der Waals surface area contributed by atoms with Gasteiger partial charge in [0.2, 0.25) is 0 Å². The summed E-state index contributed by atoms with van der Waals surface area (Å²) in [5.41, 5.74) is 4.73. The number of aryl methyl sites for hydroxylation is 1. The Balaban J connectivity index is 2.12. The number of hydrogen-bond donors (Lipinski definition) is 0. The van der Waals surface area contributed by atoms with Gasteiger partial charge in [-0.2, -0.15) is 0 Å². The van der Waals surface area contributed by atoms with Gasteiger partial charge in [0, 0.05) is 30.7 Å². The minimum atomic E-state index is -0.535. The molecule has 0 spiro atoms. The highest BCUT2D eigenvalue weighted by Crippen LogP contribution is 2.33. The summed E-state index contributed by atoms with van der Waals surface area (Å²) >= 11 is 6.40. The van der Waals surface area contributed by atoms with Crippen LogP contribution < -0.4 is 0 Å². The SMILES string of the molecule is COCCN1C(=O)/C(=C\c2cc(C)n(-c3ccccc3Cl)c2C)C(C(=O)OC)=C1C. The Morgan fingerprint density at radius 2 is 1.87 bits per heavy atom. The first-order chi connectivity index (χ1) is 14.3. The van der Waals surface area contributed by atoms with E-state index in [1.165, 1.54) is 7.11 Å².